The van der Waals surface area contributed by atoms with Crippen LogP contribution in [0.15, 0.2) is 66.7 Å². The first kappa shape index (κ1) is 22.2. The minimum Gasteiger partial charge on any atom is -0.496 e. The maximum atomic E-state index is 13.5. The SMILES string of the molecule is COc1cc(C(=O)N2CCc3c(-c4ccccc4)cccc32)ccc1COC(=O)[C@@H]1CCCN1. The molecule has 1 atom stereocenters. The van der Waals surface area contributed by atoms with Crippen molar-refractivity contribution >= 4 is 17.6 Å². The number of nitrogens with zero attached hydrogens (tertiary/aromatic N) is 1. The molecule has 0 bridgehead atoms. The summed E-state index contributed by atoms with van der Waals surface area (Å²) in [5.74, 6) is 0.221. The fourth-order valence-corrected chi connectivity index (χ4v) is 4.82. The zero-order chi connectivity index (χ0) is 23.5. The van der Waals surface area contributed by atoms with Gasteiger partial charge in [0, 0.05) is 23.4 Å². The van der Waals surface area contributed by atoms with Crippen LogP contribution in [0.4, 0.5) is 5.69 Å². The van der Waals surface area contributed by atoms with Crippen molar-refractivity contribution in [2.24, 2.45) is 0 Å². The topological polar surface area (TPSA) is 67.9 Å². The van der Waals surface area contributed by atoms with Gasteiger partial charge in [0.2, 0.25) is 0 Å². The van der Waals surface area contributed by atoms with E-state index < -0.39 is 0 Å². The fraction of sp³-hybridized carbons (Fsp3) is 0.286. The zero-order valence-electron chi connectivity index (χ0n) is 19.3. The van der Waals surface area contributed by atoms with E-state index in [0.29, 0.717) is 17.9 Å². The highest BCUT2D eigenvalue weighted by Gasteiger charge is 2.28. The molecule has 6 heteroatoms. The number of carbonyl (C=O) groups is 2. The van der Waals surface area contributed by atoms with E-state index in [9.17, 15) is 9.59 Å². The molecule has 1 fully saturated rings. The Morgan fingerprint density at radius 2 is 1.91 bits per heavy atom. The molecule has 3 aromatic carbocycles. The molecule has 1 N–H and O–H groups in total. The predicted molar refractivity (Wildman–Crippen MR) is 131 cm³/mol. The number of anilines is 1. The second-order valence-electron chi connectivity index (χ2n) is 8.66. The number of ether oxygens (including phenoxy) is 2. The summed E-state index contributed by atoms with van der Waals surface area (Å²) in [6.07, 6.45) is 2.59. The zero-order valence-corrected chi connectivity index (χ0v) is 19.3. The Balaban J connectivity index is 1.34. The first-order valence-corrected chi connectivity index (χ1v) is 11.7. The molecule has 2 aliphatic rings. The van der Waals surface area contributed by atoms with E-state index >= 15 is 0 Å². The van der Waals surface area contributed by atoms with Gasteiger partial charge in [-0.05, 0) is 60.7 Å². The van der Waals surface area contributed by atoms with E-state index in [1.807, 2.05) is 35.2 Å². The third kappa shape index (κ3) is 4.29. The van der Waals surface area contributed by atoms with Crippen molar-refractivity contribution in [3.63, 3.8) is 0 Å². The molecule has 1 amide bonds. The van der Waals surface area contributed by atoms with Crippen molar-refractivity contribution < 1.29 is 19.1 Å². The number of hydrogen-bond acceptors (Lipinski definition) is 5. The van der Waals surface area contributed by atoms with Crippen molar-refractivity contribution in [3.05, 3.63) is 83.4 Å². The summed E-state index contributed by atoms with van der Waals surface area (Å²) < 4.78 is 11.0. The van der Waals surface area contributed by atoms with Crippen molar-refractivity contribution in [1.29, 1.82) is 0 Å². The van der Waals surface area contributed by atoms with Gasteiger partial charge in [-0.15, -0.1) is 0 Å². The van der Waals surface area contributed by atoms with Gasteiger partial charge in [-0.2, -0.15) is 0 Å². The van der Waals surface area contributed by atoms with E-state index in [-0.39, 0.29) is 24.5 Å². The smallest absolute Gasteiger partial charge is 0.323 e. The number of hydrogen-bond donors (Lipinski definition) is 1. The van der Waals surface area contributed by atoms with E-state index in [2.05, 4.69) is 23.5 Å². The highest BCUT2D eigenvalue weighted by molar-refractivity contribution is 6.08. The van der Waals surface area contributed by atoms with Crippen LogP contribution in [0, 0.1) is 0 Å². The van der Waals surface area contributed by atoms with Crippen LogP contribution in [0.1, 0.15) is 34.3 Å². The first-order valence-electron chi connectivity index (χ1n) is 11.7. The van der Waals surface area contributed by atoms with Crippen LogP contribution in [-0.2, 0) is 22.6 Å². The van der Waals surface area contributed by atoms with Gasteiger partial charge in [0.1, 0.15) is 18.4 Å². The van der Waals surface area contributed by atoms with Crippen LogP contribution in [0.25, 0.3) is 11.1 Å². The summed E-state index contributed by atoms with van der Waals surface area (Å²) in [6, 6.07) is 21.5. The lowest BCUT2D eigenvalue weighted by Crippen LogP contribution is -2.32. The van der Waals surface area contributed by atoms with Gasteiger partial charge in [-0.1, -0.05) is 48.5 Å². The van der Waals surface area contributed by atoms with Crippen molar-refractivity contribution in [2.75, 3.05) is 25.1 Å². The Hall–Kier alpha value is -3.64. The highest BCUT2D eigenvalue weighted by Crippen LogP contribution is 2.37. The van der Waals surface area contributed by atoms with Gasteiger partial charge in [0.05, 0.1) is 7.11 Å². The molecule has 1 saturated heterocycles. The van der Waals surface area contributed by atoms with E-state index in [0.717, 1.165) is 42.6 Å². The minimum absolute atomic E-state index is 0.0686. The normalized spacial score (nSPS) is 16.9. The third-order valence-corrected chi connectivity index (χ3v) is 6.61. The molecular formula is C28H28N2O4. The molecule has 5 rings (SSSR count). The summed E-state index contributed by atoms with van der Waals surface area (Å²) >= 11 is 0. The Kier molecular flexibility index (Phi) is 6.32. The number of fused-ring (bicyclic) bond motifs is 1. The van der Waals surface area contributed by atoms with Gasteiger partial charge in [0.25, 0.3) is 5.91 Å². The van der Waals surface area contributed by atoms with E-state index in [4.69, 9.17) is 9.47 Å². The number of esters is 1. The first-order chi connectivity index (χ1) is 16.7. The average Bonchev–Trinajstić information content (AvgIpc) is 3.58. The lowest BCUT2D eigenvalue weighted by molar-refractivity contribution is -0.147. The molecule has 0 unspecified atom stereocenters. The van der Waals surface area contributed by atoms with Gasteiger partial charge >= 0.3 is 5.97 Å². The monoisotopic (exact) mass is 456 g/mol. The van der Waals surface area contributed by atoms with Crippen LogP contribution < -0.4 is 15.0 Å². The molecular weight excluding hydrogens is 428 g/mol. The van der Waals surface area contributed by atoms with Gasteiger partial charge in [-0.3, -0.25) is 9.59 Å². The summed E-state index contributed by atoms with van der Waals surface area (Å²) in [4.78, 5) is 27.5. The third-order valence-electron chi connectivity index (χ3n) is 6.61. The lowest BCUT2D eigenvalue weighted by Gasteiger charge is -2.19. The second kappa shape index (κ2) is 9.69. The molecule has 174 valence electrons. The molecule has 34 heavy (non-hydrogen) atoms. The second-order valence-corrected chi connectivity index (χ2v) is 8.66. The largest absolute Gasteiger partial charge is 0.496 e. The molecule has 0 spiro atoms. The van der Waals surface area contributed by atoms with Crippen molar-refractivity contribution in [1.82, 2.24) is 5.32 Å². The molecule has 0 aliphatic carbocycles. The van der Waals surface area contributed by atoms with Crippen LogP contribution in [0.2, 0.25) is 0 Å². The fourth-order valence-electron chi connectivity index (χ4n) is 4.82. The number of rotatable bonds is 6. The average molecular weight is 457 g/mol. The van der Waals surface area contributed by atoms with Crippen LogP contribution >= 0.6 is 0 Å². The maximum absolute atomic E-state index is 13.5. The molecule has 0 radical (unpaired) electrons. The molecule has 3 aromatic rings. The molecule has 6 nitrogen and oxygen atoms in total. The van der Waals surface area contributed by atoms with Gasteiger partial charge in [-0.25, -0.2) is 0 Å². The Labute approximate surface area is 199 Å². The Morgan fingerprint density at radius 3 is 2.68 bits per heavy atom. The summed E-state index contributed by atoms with van der Waals surface area (Å²) in [6.45, 7) is 1.59. The number of nitrogens with one attached hydrogen (secondary N) is 1. The van der Waals surface area contributed by atoms with Crippen LogP contribution in [-0.4, -0.2) is 38.1 Å². The number of benzene rings is 3. The Morgan fingerprint density at radius 1 is 1.06 bits per heavy atom. The summed E-state index contributed by atoms with van der Waals surface area (Å²) in [5, 5.41) is 3.14. The standard InChI is InChI=1S/C28H28N2O4/c1-33-26-17-20(12-13-21(26)18-34-28(32)24-10-6-15-29-24)27(31)30-16-14-23-22(9-5-11-25(23)30)19-7-3-2-4-8-19/h2-5,7-9,11-13,17,24,29H,6,10,14-16,18H2,1H3/t24-/m0/s1. The molecule has 2 aliphatic heterocycles. The van der Waals surface area contributed by atoms with E-state index in [1.165, 1.54) is 11.1 Å². The van der Waals surface area contributed by atoms with E-state index in [1.54, 1.807) is 25.3 Å². The number of methoxy groups -OCH3 is 1. The molecule has 0 saturated carbocycles. The minimum atomic E-state index is -0.248. The summed E-state index contributed by atoms with van der Waals surface area (Å²) in [7, 11) is 1.56. The lowest BCUT2D eigenvalue weighted by atomic mass is 9.98. The van der Waals surface area contributed by atoms with Gasteiger partial charge in [0.15, 0.2) is 0 Å². The van der Waals surface area contributed by atoms with Crippen molar-refractivity contribution in [3.8, 4) is 16.9 Å². The Bertz CT molecular complexity index is 1200. The van der Waals surface area contributed by atoms with Gasteiger partial charge < -0.3 is 19.7 Å². The highest BCUT2D eigenvalue weighted by atomic mass is 16.5. The van der Waals surface area contributed by atoms with Crippen LogP contribution in [0.3, 0.4) is 0 Å². The number of carbonyl (C=O) groups excluding carboxylic acids is 2. The molecule has 0 aromatic heterocycles. The van der Waals surface area contributed by atoms with Crippen molar-refractivity contribution in [2.45, 2.75) is 31.9 Å². The summed E-state index contributed by atoms with van der Waals surface area (Å²) in [5.41, 5.74) is 5.74. The number of amides is 1. The molecule has 2 heterocycles. The maximum Gasteiger partial charge on any atom is 0.323 e. The quantitative estimate of drug-likeness (QED) is 0.558. The predicted octanol–water partition coefficient (Wildman–Crippen LogP) is 4.36. The van der Waals surface area contributed by atoms with Crippen LogP contribution in [0.5, 0.6) is 5.75 Å².